The van der Waals surface area contributed by atoms with Crippen LogP contribution in [0.1, 0.15) is 19.4 Å². The summed E-state index contributed by atoms with van der Waals surface area (Å²) in [4.78, 5) is 2.45. The van der Waals surface area contributed by atoms with E-state index in [1.54, 1.807) is 0 Å². The number of rotatable bonds is 7. The summed E-state index contributed by atoms with van der Waals surface area (Å²) < 4.78 is 6.82. The molecule has 12 aromatic rings. The summed E-state index contributed by atoms with van der Waals surface area (Å²) in [7, 11) is 0. The molecule has 1 heterocycles. The third-order valence-electron chi connectivity index (χ3n) is 13.2. The van der Waals surface area contributed by atoms with E-state index in [1.165, 1.54) is 59.8 Å². The zero-order chi connectivity index (χ0) is 42.7. The molecule has 0 N–H and O–H groups in total. The topological polar surface area (TPSA) is 16.4 Å². The second-order valence-corrected chi connectivity index (χ2v) is 16.9. The highest BCUT2D eigenvalue weighted by molar-refractivity contribution is 6.20. The molecule has 1 aromatic heterocycles. The van der Waals surface area contributed by atoms with E-state index >= 15 is 0 Å². The van der Waals surface area contributed by atoms with Crippen LogP contribution in [0.4, 0.5) is 11.4 Å². The summed E-state index contributed by atoms with van der Waals surface area (Å²) in [6, 6.07) is 77.1. The first-order valence-corrected chi connectivity index (χ1v) is 22.1. The number of furan rings is 1. The van der Waals surface area contributed by atoms with Crippen LogP contribution in [-0.4, -0.2) is 0 Å². The molecule has 0 saturated heterocycles. The third kappa shape index (κ3) is 6.26. The summed E-state index contributed by atoms with van der Waals surface area (Å²) in [5.74, 6) is 0. The molecule has 64 heavy (non-hydrogen) atoms. The Morgan fingerprint density at radius 3 is 1.80 bits per heavy atom. The highest BCUT2D eigenvalue weighted by Gasteiger charge is 2.23. The average molecular weight is 818 g/mol. The number of nitrogens with zero attached hydrogens (tertiary/aromatic N) is 1. The molecule has 0 aliphatic carbocycles. The van der Waals surface area contributed by atoms with Crippen LogP contribution < -0.4 is 4.90 Å². The Hall–Kier alpha value is -8.20. The van der Waals surface area contributed by atoms with Gasteiger partial charge >= 0.3 is 0 Å². The second-order valence-electron chi connectivity index (χ2n) is 16.9. The Labute approximate surface area is 372 Å². The predicted molar refractivity (Wildman–Crippen MR) is 275 cm³/mol. The number of benzene rings is 11. The average Bonchev–Trinajstić information content (AvgIpc) is 3.75. The number of anilines is 2. The van der Waals surface area contributed by atoms with Crippen LogP contribution >= 0.6 is 0 Å². The van der Waals surface area contributed by atoms with Crippen LogP contribution in [0.2, 0.25) is 0 Å². The molecule has 0 fully saturated rings. The van der Waals surface area contributed by atoms with Crippen LogP contribution in [-0.2, 0) is 0 Å². The molecule has 302 valence electrons. The Balaban J connectivity index is 1.09. The molecular formula is C62H43NO. The van der Waals surface area contributed by atoms with Crippen LogP contribution in [0, 0.1) is 0 Å². The maximum atomic E-state index is 6.82. The van der Waals surface area contributed by atoms with Crippen molar-refractivity contribution in [1.29, 1.82) is 0 Å². The van der Waals surface area contributed by atoms with Gasteiger partial charge in [0.1, 0.15) is 11.2 Å². The quantitative estimate of drug-likeness (QED) is 0.118. The Kier molecular flexibility index (Phi) is 8.98. The first kappa shape index (κ1) is 37.6. The van der Waals surface area contributed by atoms with E-state index < -0.39 is 0 Å². The Morgan fingerprint density at radius 2 is 1.00 bits per heavy atom. The van der Waals surface area contributed by atoms with E-state index in [1.807, 2.05) is 0 Å². The highest BCUT2D eigenvalue weighted by atomic mass is 16.3. The van der Waals surface area contributed by atoms with Gasteiger partial charge < -0.3 is 9.32 Å². The van der Waals surface area contributed by atoms with Crippen molar-refractivity contribution in [1.82, 2.24) is 0 Å². The molecule has 0 saturated carbocycles. The normalized spacial score (nSPS) is 12.4. The van der Waals surface area contributed by atoms with Crippen LogP contribution in [0.25, 0.3) is 104 Å². The summed E-state index contributed by atoms with van der Waals surface area (Å²) in [6.07, 6.45) is 4.55. The summed E-state index contributed by atoms with van der Waals surface area (Å²) in [5.41, 5.74) is 12.0. The van der Waals surface area contributed by atoms with E-state index in [4.69, 9.17) is 4.42 Å². The molecule has 0 aliphatic rings. The molecule has 0 bridgehead atoms. The fourth-order valence-corrected chi connectivity index (χ4v) is 9.94. The minimum absolute atomic E-state index is 0.857. The lowest BCUT2D eigenvalue weighted by Gasteiger charge is -2.30. The highest BCUT2D eigenvalue weighted by Crippen LogP contribution is 2.47. The molecule has 0 unspecified atom stereocenters. The second kappa shape index (κ2) is 15.3. The van der Waals surface area contributed by atoms with Gasteiger partial charge in [0, 0.05) is 22.0 Å². The van der Waals surface area contributed by atoms with E-state index in [9.17, 15) is 0 Å². The molecule has 0 aliphatic heterocycles. The molecule has 11 aromatic carbocycles. The monoisotopic (exact) mass is 817 g/mol. The lowest BCUT2D eigenvalue weighted by molar-refractivity contribution is 0.672. The summed E-state index contributed by atoms with van der Waals surface area (Å²) >= 11 is 0. The molecule has 12 rings (SSSR count). The smallest absolute Gasteiger partial charge is 0.143 e. The van der Waals surface area contributed by atoms with E-state index in [2.05, 4.69) is 243 Å². The van der Waals surface area contributed by atoms with Gasteiger partial charge in [-0.05, 0) is 127 Å². The first-order valence-electron chi connectivity index (χ1n) is 22.1. The van der Waals surface area contributed by atoms with Crippen molar-refractivity contribution < 1.29 is 4.42 Å². The maximum absolute atomic E-state index is 6.82. The molecule has 0 spiro atoms. The van der Waals surface area contributed by atoms with Gasteiger partial charge in [0.25, 0.3) is 0 Å². The van der Waals surface area contributed by atoms with Gasteiger partial charge in [-0.2, -0.15) is 0 Å². The van der Waals surface area contributed by atoms with Crippen molar-refractivity contribution in [3.63, 3.8) is 0 Å². The summed E-state index contributed by atoms with van der Waals surface area (Å²) in [6.45, 7) is 4.45. The van der Waals surface area contributed by atoms with Crippen LogP contribution in [0.15, 0.2) is 235 Å². The zero-order valence-electron chi connectivity index (χ0n) is 35.7. The number of hydrogen-bond donors (Lipinski definition) is 0. The Morgan fingerprint density at radius 1 is 0.391 bits per heavy atom. The lowest BCUT2D eigenvalue weighted by Crippen LogP contribution is -2.16. The van der Waals surface area contributed by atoms with Crippen molar-refractivity contribution in [2.75, 3.05) is 4.90 Å². The van der Waals surface area contributed by atoms with Gasteiger partial charge in [0.15, 0.2) is 0 Å². The minimum Gasteiger partial charge on any atom is -0.455 e. The largest absolute Gasteiger partial charge is 0.455 e. The van der Waals surface area contributed by atoms with E-state index in [-0.39, 0.29) is 0 Å². The first-order chi connectivity index (χ1) is 31.6. The van der Waals surface area contributed by atoms with Crippen molar-refractivity contribution in [2.24, 2.45) is 0 Å². The Bertz CT molecular complexity index is 3870. The van der Waals surface area contributed by atoms with Gasteiger partial charge in [-0.3, -0.25) is 0 Å². The summed E-state index contributed by atoms with van der Waals surface area (Å²) in [5, 5.41) is 14.5. The van der Waals surface area contributed by atoms with Gasteiger partial charge in [0.2, 0.25) is 0 Å². The van der Waals surface area contributed by atoms with Gasteiger partial charge in [-0.1, -0.05) is 188 Å². The maximum Gasteiger partial charge on any atom is 0.143 e. The fourth-order valence-electron chi connectivity index (χ4n) is 9.94. The van der Waals surface area contributed by atoms with Crippen molar-refractivity contribution in [3.05, 3.63) is 236 Å². The van der Waals surface area contributed by atoms with Gasteiger partial charge in [-0.15, -0.1) is 0 Å². The molecule has 2 heteroatoms. The number of allylic oxidation sites excluding steroid dienone is 4. The molecule has 0 radical (unpaired) electrons. The molecular weight excluding hydrogens is 775 g/mol. The SMILES string of the molecule is C/C(=C\C=C(/C)N(c1cc(-c2cccc3c2ccc2ccccc23)ccc1-c1ccccc1)c1cccc2oc3c4ccccc4ccc3c12)c1ccc2c(ccc3ccccc32)c1. The van der Waals surface area contributed by atoms with Crippen molar-refractivity contribution in [2.45, 2.75) is 13.8 Å². The predicted octanol–water partition coefficient (Wildman–Crippen LogP) is 17.8. The van der Waals surface area contributed by atoms with Crippen molar-refractivity contribution >= 4 is 92.7 Å². The van der Waals surface area contributed by atoms with Crippen LogP contribution in [0.3, 0.4) is 0 Å². The lowest BCUT2D eigenvalue weighted by atomic mass is 9.92. The number of hydrogen-bond acceptors (Lipinski definition) is 2. The van der Waals surface area contributed by atoms with Gasteiger partial charge in [0.05, 0.1) is 16.8 Å². The molecule has 0 atom stereocenters. The number of fused-ring (bicyclic) bond motifs is 11. The molecule has 2 nitrogen and oxygen atoms in total. The zero-order valence-corrected chi connectivity index (χ0v) is 35.7. The molecule has 0 amide bonds. The van der Waals surface area contributed by atoms with Crippen molar-refractivity contribution in [3.8, 4) is 22.3 Å². The minimum atomic E-state index is 0.857. The standard InChI is InChI=1S/C62H43NO/c1-40(46-32-34-52-47(38-46)29-28-43-16-6-9-19-49(43)52)26-27-41(2)63(58-24-13-25-60-61(58)57-37-31-45-18-8-11-21-54(45)62(57)64-60)59-39-48(33-35-53(59)42-14-4-3-5-15-42)51-22-12-23-55-50-20-10-7-17-44(50)30-36-56(51)55/h3-39H,1-2H3/b40-26+,41-27+. The van der Waals surface area contributed by atoms with E-state index in [0.29, 0.717) is 0 Å². The fraction of sp³-hybridized carbons (Fsp3) is 0.0323. The van der Waals surface area contributed by atoms with Gasteiger partial charge in [-0.25, -0.2) is 0 Å². The van der Waals surface area contributed by atoms with Crippen LogP contribution in [0.5, 0.6) is 0 Å². The van der Waals surface area contributed by atoms with E-state index in [0.717, 1.165) is 66.5 Å². The third-order valence-corrected chi connectivity index (χ3v) is 13.2.